The third-order valence-corrected chi connectivity index (χ3v) is 3.91. The van der Waals surface area contributed by atoms with Crippen molar-refractivity contribution in [3.63, 3.8) is 0 Å². The van der Waals surface area contributed by atoms with Gasteiger partial charge in [-0.25, -0.2) is 0 Å². The van der Waals surface area contributed by atoms with Crippen LogP contribution in [-0.4, -0.2) is 49.1 Å². The number of unbranched alkanes of at least 4 members (excludes halogenated alkanes) is 1. The maximum atomic E-state index is 2.67. The van der Waals surface area contributed by atoms with Gasteiger partial charge in [0.1, 0.15) is 0 Å². The summed E-state index contributed by atoms with van der Waals surface area (Å²) in [6, 6.07) is 0. The molecule has 2 heterocycles. The van der Waals surface area contributed by atoms with Crippen LogP contribution < -0.4 is 0 Å². The van der Waals surface area contributed by atoms with Crippen LogP contribution in [-0.2, 0) is 0 Å². The van der Waals surface area contributed by atoms with Crippen LogP contribution >= 0.6 is 0 Å². The number of hydrogen-bond acceptors (Lipinski definition) is 2. The van der Waals surface area contributed by atoms with Gasteiger partial charge < -0.3 is 9.80 Å². The zero-order chi connectivity index (χ0) is 10.5. The Balaban J connectivity index is 1.63. The van der Waals surface area contributed by atoms with Gasteiger partial charge in [-0.15, -0.1) is 0 Å². The lowest BCUT2D eigenvalue weighted by Gasteiger charge is -2.20. The van der Waals surface area contributed by atoms with Gasteiger partial charge in [0.15, 0.2) is 0 Å². The lowest BCUT2D eigenvalue weighted by molar-refractivity contribution is 0.262. The minimum absolute atomic E-state index is 0.972. The normalized spacial score (nSPS) is 29.0. The summed E-state index contributed by atoms with van der Waals surface area (Å²) in [4.78, 5) is 5.35. The van der Waals surface area contributed by atoms with Crippen molar-refractivity contribution in [2.75, 3.05) is 39.3 Å². The second-order valence-electron chi connectivity index (χ2n) is 5.32. The van der Waals surface area contributed by atoms with Gasteiger partial charge in [0.25, 0.3) is 0 Å². The molecule has 0 aromatic rings. The Morgan fingerprint density at radius 2 is 1.87 bits per heavy atom. The summed E-state index contributed by atoms with van der Waals surface area (Å²) >= 11 is 0. The van der Waals surface area contributed by atoms with E-state index >= 15 is 0 Å². The topological polar surface area (TPSA) is 6.48 Å². The van der Waals surface area contributed by atoms with Crippen LogP contribution in [0, 0.1) is 5.92 Å². The highest BCUT2D eigenvalue weighted by Crippen LogP contribution is 2.19. The lowest BCUT2D eigenvalue weighted by atomic mass is 10.1. The highest BCUT2D eigenvalue weighted by Gasteiger charge is 2.24. The second-order valence-corrected chi connectivity index (χ2v) is 5.32. The predicted octanol–water partition coefficient (Wildman–Crippen LogP) is 2.20. The molecule has 0 amide bonds. The Labute approximate surface area is 94.6 Å². The fourth-order valence-electron chi connectivity index (χ4n) is 2.98. The van der Waals surface area contributed by atoms with Crippen molar-refractivity contribution in [1.82, 2.24) is 9.80 Å². The maximum absolute atomic E-state index is 2.67. The fraction of sp³-hybridized carbons (Fsp3) is 1.00. The SMILES string of the molecule is CCCCN1CCC(CN2CCCC2)C1. The van der Waals surface area contributed by atoms with Gasteiger partial charge in [0.05, 0.1) is 0 Å². The minimum atomic E-state index is 0.972. The average molecular weight is 210 g/mol. The van der Waals surface area contributed by atoms with E-state index in [0.717, 1.165) is 5.92 Å². The van der Waals surface area contributed by atoms with E-state index in [9.17, 15) is 0 Å². The lowest BCUT2D eigenvalue weighted by Crippen LogP contribution is -2.29. The van der Waals surface area contributed by atoms with Crippen molar-refractivity contribution in [1.29, 1.82) is 0 Å². The molecule has 2 nitrogen and oxygen atoms in total. The van der Waals surface area contributed by atoms with Crippen LogP contribution in [0.2, 0.25) is 0 Å². The molecule has 0 spiro atoms. The first-order chi connectivity index (χ1) is 7.38. The van der Waals surface area contributed by atoms with E-state index in [4.69, 9.17) is 0 Å². The maximum Gasteiger partial charge on any atom is 0.00224 e. The number of hydrogen-bond donors (Lipinski definition) is 0. The predicted molar refractivity (Wildman–Crippen MR) is 65.1 cm³/mol. The van der Waals surface area contributed by atoms with Gasteiger partial charge in [-0.3, -0.25) is 0 Å². The van der Waals surface area contributed by atoms with Crippen LogP contribution in [0.25, 0.3) is 0 Å². The summed E-state index contributed by atoms with van der Waals surface area (Å²) < 4.78 is 0. The first-order valence-corrected chi connectivity index (χ1v) is 6.83. The van der Waals surface area contributed by atoms with Gasteiger partial charge in [0.2, 0.25) is 0 Å². The number of nitrogens with zero attached hydrogens (tertiary/aromatic N) is 2. The van der Waals surface area contributed by atoms with Crippen LogP contribution in [0.5, 0.6) is 0 Å². The molecule has 0 saturated carbocycles. The monoisotopic (exact) mass is 210 g/mol. The molecule has 0 aromatic heterocycles. The van der Waals surface area contributed by atoms with E-state index in [0.29, 0.717) is 0 Å². The highest BCUT2D eigenvalue weighted by molar-refractivity contribution is 4.79. The molecule has 2 fully saturated rings. The quantitative estimate of drug-likeness (QED) is 0.686. The molecule has 2 rings (SSSR count). The zero-order valence-electron chi connectivity index (χ0n) is 10.2. The summed E-state index contributed by atoms with van der Waals surface area (Å²) in [5, 5.41) is 0. The second kappa shape index (κ2) is 5.86. The molecular formula is C13H26N2. The Morgan fingerprint density at radius 1 is 1.07 bits per heavy atom. The average Bonchev–Trinajstić information content (AvgIpc) is 2.87. The van der Waals surface area contributed by atoms with E-state index < -0.39 is 0 Å². The van der Waals surface area contributed by atoms with E-state index in [-0.39, 0.29) is 0 Å². The van der Waals surface area contributed by atoms with Crippen molar-refractivity contribution < 1.29 is 0 Å². The molecule has 2 aliphatic heterocycles. The smallest absolute Gasteiger partial charge is 0.00224 e. The summed E-state index contributed by atoms with van der Waals surface area (Å²) in [5.74, 6) is 0.972. The summed E-state index contributed by atoms with van der Waals surface area (Å²) in [6.07, 6.45) is 7.04. The van der Waals surface area contributed by atoms with Crippen molar-refractivity contribution in [3.8, 4) is 0 Å². The molecule has 88 valence electrons. The van der Waals surface area contributed by atoms with Gasteiger partial charge >= 0.3 is 0 Å². The van der Waals surface area contributed by atoms with Gasteiger partial charge in [-0.2, -0.15) is 0 Å². The molecule has 0 aliphatic carbocycles. The standard InChI is InChI=1S/C13H26N2/c1-2-3-7-15-10-6-13(12-15)11-14-8-4-5-9-14/h13H,2-12H2,1H3. The number of rotatable bonds is 5. The number of likely N-dealkylation sites (tertiary alicyclic amines) is 2. The van der Waals surface area contributed by atoms with E-state index in [2.05, 4.69) is 16.7 Å². The molecule has 0 radical (unpaired) electrons. The molecule has 0 bridgehead atoms. The van der Waals surface area contributed by atoms with Crippen LogP contribution in [0.1, 0.15) is 39.0 Å². The molecule has 1 atom stereocenters. The third kappa shape index (κ3) is 3.46. The van der Waals surface area contributed by atoms with Gasteiger partial charge in [-0.05, 0) is 57.8 Å². The molecule has 0 aromatic carbocycles. The Hall–Kier alpha value is -0.0800. The van der Waals surface area contributed by atoms with E-state index in [1.54, 1.807) is 0 Å². The Morgan fingerprint density at radius 3 is 2.60 bits per heavy atom. The third-order valence-electron chi connectivity index (χ3n) is 3.91. The summed E-state index contributed by atoms with van der Waals surface area (Å²) in [6.45, 7) is 10.5. The van der Waals surface area contributed by atoms with Crippen LogP contribution in [0.4, 0.5) is 0 Å². The molecule has 2 aliphatic rings. The summed E-state index contributed by atoms with van der Waals surface area (Å²) in [7, 11) is 0. The molecule has 15 heavy (non-hydrogen) atoms. The van der Waals surface area contributed by atoms with E-state index in [1.807, 2.05) is 0 Å². The molecule has 1 unspecified atom stereocenters. The van der Waals surface area contributed by atoms with Gasteiger partial charge in [-0.1, -0.05) is 13.3 Å². The molecule has 2 heteroatoms. The highest BCUT2D eigenvalue weighted by atomic mass is 15.2. The van der Waals surface area contributed by atoms with Crippen LogP contribution in [0.15, 0.2) is 0 Å². The van der Waals surface area contributed by atoms with Crippen molar-refractivity contribution in [2.24, 2.45) is 5.92 Å². The first-order valence-electron chi connectivity index (χ1n) is 6.83. The minimum Gasteiger partial charge on any atom is -0.303 e. The molecule has 0 N–H and O–H groups in total. The van der Waals surface area contributed by atoms with Crippen LogP contribution in [0.3, 0.4) is 0 Å². The first kappa shape index (κ1) is 11.4. The fourth-order valence-corrected chi connectivity index (χ4v) is 2.98. The van der Waals surface area contributed by atoms with Crippen molar-refractivity contribution in [2.45, 2.75) is 39.0 Å². The zero-order valence-corrected chi connectivity index (χ0v) is 10.2. The van der Waals surface area contributed by atoms with Crippen molar-refractivity contribution in [3.05, 3.63) is 0 Å². The molecule has 2 saturated heterocycles. The summed E-state index contributed by atoms with van der Waals surface area (Å²) in [5.41, 5.74) is 0. The van der Waals surface area contributed by atoms with Gasteiger partial charge in [0, 0.05) is 13.1 Å². The van der Waals surface area contributed by atoms with Crippen molar-refractivity contribution >= 4 is 0 Å². The molecular weight excluding hydrogens is 184 g/mol. The Kier molecular flexibility index (Phi) is 4.45. The largest absolute Gasteiger partial charge is 0.303 e. The van der Waals surface area contributed by atoms with E-state index in [1.165, 1.54) is 71.4 Å². The Bertz CT molecular complexity index is 175.